The van der Waals surface area contributed by atoms with Crippen molar-refractivity contribution in [3.05, 3.63) is 50.4 Å². The van der Waals surface area contributed by atoms with Crippen LogP contribution in [-0.4, -0.2) is 10.8 Å². The van der Waals surface area contributed by atoms with Gasteiger partial charge in [0.25, 0.3) is 0 Å². The fourth-order valence-electron chi connectivity index (χ4n) is 1.39. The van der Waals surface area contributed by atoms with Crippen molar-refractivity contribution in [1.82, 2.24) is 4.98 Å². The van der Waals surface area contributed by atoms with Crippen LogP contribution in [0.3, 0.4) is 0 Å². The Morgan fingerprint density at radius 2 is 2.31 bits per heavy atom. The van der Waals surface area contributed by atoms with Crippen LogP contribution in [0, 0.1) is 6.92 Å². The van der Waals surface area contributed by atoms with E-state index >= 15 is 0 Å². The molecule has 2 heterocycles. The molecule has 0 atom stereocenters. The molecule has 0 fully saturated rings. The van der Waals surface area contributed by atoms with Crippen LogP contribution >= 0.6 is 27.3 Å². The maximum absolute atomic E-state index is 11.9. The third-order valence-corrected chi connectivity index (χ3v) is 3.83. The van der Waals surface area contributed by atoms with Gasteiger partial charge in [0.05, 0.1) is 0 Å². The minimum atomic E-state index is 0.0676. The number of carbonyl (C=O) groups excluding carboxylic acids is 1. The van der Waals surface area contributed by atoms with Crippen molar-refractivity contribution in [1.29, 1.82) is 0 Å². The number of pyridine rings is 1. The molecule has 0 N–H and O–H groups in total. The zero-order valence-electron chi connectivity index (χ0n) is 8.74. The first-order valence-electron chi connectivity index (χ1n) is 4.85. The maximum atomic E-state index is 11.9. The number of carbonyl (C=O) groups is 1. The third-order valence-electron chi connectivity index (χ3n) is 2.13. The summed E-state index contributed by atoms with van der Waals surface area (Å²) >= 11 is 4.95. The Hall–Kier alpha value is -1.000. The Bertz CT molecular complexity index is 521. The molecule has 0 saturated heterocycles. The van der Waals surface area contributed by atoms with E-state index in [0.29, 0.717) is 12.1 Å². The van der Waals surface area contributed by atoms with Crippen molar-refractivity contribution in [2.24, 2.45) is 0 Å². The molecule has 2 rings (SSSR count). The summed E-state index contributed by atoms with van der Waals surface area (Å²) in [6, 6.07) is 7.48. The van der Waals surface area contributed by atoms with E-state index in [2.05, 4.69) is 20.9 Å². The topological polar surface area (TPSA) is 30.0 Å². The van der Waals surface area contributed by atoms with Gasteiger partial charge in [-0.1, -0.05) is 6.07 Å². The Morgan fingerprint density at radius 3 is 2.94 bits per heavy atom. The van der Waals surface area contributed by atoms with Gasteiger partial charge in [-0.2, -0.15) is 0 Å². The van der Waals surface area contributed by atoms with Gasteiger partial charge in [0.1, 0.15) is 5.69 Å². The van der Waals surface area contributed by atoms with E-state index in [-0.39, 0.29) is 5.78 Å². The molecule has 82 valence electrons. The average molecular weight is 296 g/mol. The third kappa shape index (κ3) is 2.77. The molecular formula is C12H10BrNOS. The van der Waals surface area contributed by atoms with Crippen LogP contribution in [0.1, 0.15) is 21.1 Å². The van der Waals surface area contributed by atoms with Gasteiger partial charge in [-0.15, -0.1) is 11.3 Å². The molecule has 0 radical (unpaired) electrons. The van der Waals surface area contributed by atoms with Crippen LogP contribution in [0.5, 0.6) is 0 Å². The quantitative estimate of drug-likeness (QED) is 0.809. The Labute approximate surface area is 106 Å². The molecule has 0 aromatic carbocycles. The number of thiophene rings is 1. The number of Topliss-reactive ketones (excluding diaryl/α,β-unsaturated/α-hetero) is 1. The predicted molar refractivity (Wildman–Crippen MR) is 69.0 cm³/mol. The molecule has 0 amide bonds. The summed E-state index contributed by atoms with van der Waals surface area (Å²) in [4.78, 5) is 17.2. The van der Waals surface area contributed by atoms with E-state index < -0.39 is 0 Å². The summed E-state index contributed by atoms with van der Waals surface area (Å²) in [7, 11) is 0. The predicted octanol–water partition coefficient (Wildman–Crippen LogP) is 3.64. The average Bonchev–Trinajstić information content (AvgIpc) is 2.64. The van der Waals surface area contributed by atoms with Crippen LogP contribution in [0.4, 0.5) is 0 Å². The molecule has 0 saturated carbocycles. The highest BCUT2D eigenvalue weighted by Crippen LogP contribution is 2.21. The summed E-state index contributed by atoms with van der Waals surface area (Å²) in [6.45, 7) is 1.89. The highest BCUT2D eigenvalue weighted by atomic mass is 79.9. The molecule has 0 bridgehead atoms. The Balaban J connectivity index is 2.14. The molecule has 16 heavy (non-hydrogen) atoms. The summed E-state index contributed by atoms with van der Waals surface area (Å²) in [5, 5.41) is 1.98. The standard InChI is InChI=1S/C12H10BrNOS/c1-8-3-2-4-11(14-8)12(15)6-10-5-9(13)7-16-10/h2-5,7H,6H2,1H3. The first-order chi connectivity index (χ1) is 7.65. The highest BCUT2D eigenvalue weighted by Gasteiger charge is 2.09. The molecule has 0 unspecified atom stereocenters. The molecular weight excluding hydrogens is 286 g/mol. The summed E-state index contributed by atoms with van der Waals surface area (Å²) in [6.07, 6.45) is 0.423. The molecule has 4 heteroatoms. The lowest BCUT2D eigenvalue weighted by molar-refractivity contribution is 0.0989. The van der Waals surface area contributed by atoms with Crippen molar-refractivity contribution in [2.75, 3.05) is 0 Å². The second-order valence-electron chi connectivity index (χ2n) is 3.50. The Morgan fingerprint density at radius 1 is 1.50 bits per heavy atom. The number of nitrogens with zero attached hydrogens (tertiary/aromatic N) is 1. The number of hydrogen-bond donors (Lipinski definition) is 0. The van der Waals surface area contributed by atoms with Crippen LogP contribution in [0.25, 0.3) is 0 Å². The van der Waals surface area contributed by atoms with Crippen LogP contribution in [0.2, 0.25) is 0 Å². The van der Waals surface area contributed by atoms with Crippen LogP contribution in [-0.2, 0) is 6.42 Å². The Kier molecular flexibility index (Phi) is 3.51. The van der Waals surface area contributed by atoms with Crippen molar-refractivity contribution in [3.63, 3.8) is 0 Å². The van der Waals surface area contributed by atoms with Crippen molar-refractivity contribution >= 4 is 33.0 Å². The SMILES string of the molecule is Cc1cccc(C(=O)Cc2cc(Br)cs2)n1. The molecule has 0 aliphatic rings. The lowest BCUT2D eigenvalue weighted by Gasteiger charge is -1.99. The van der Waals surface area contributed by atoms with E-state index in [1.165, 1.54) is 0 Å². The minimum Gasteiger partial charge on any atom is -0.292 e. The molecule has 0 aliphatic heterocycles. The largest absolute Gasteiger partial charge is 0.292 e. The van der Waals surface area contributed by atoms with Crippen LogP contribution in [0.15, 0.2) is 34.1 Å². The summed E-state index contributed by atoms with van der Waals surface area (Å²) in [5.41, 5.74) is 1.42. The van der Waals surface area contributed by atoms with E-state index in [1.807, 2.05) is 30.5 Å². The van der Waals surface area contributed by atoms with Gasteiger partial charge in [0, 0.05) is 26.8 Å². The number of aromatic nitrogens is 1. The first-order valence-corrected chi connectivity index (χ1v) is 6.52. The van der Waals surface area contributed by atoms with Gasteiger partial charge >= 0.3 is 0 Å². The lowest BCUT2D eigenvalue weighted by Crippen LogP contribution is -2.05. The van der Waals surface area contributed by atoms with Crippen molar-refractivity contribution in [2.45, 2.75) is 13.3 Å². The van der Waals surface area contributed by atoms with E-state index in [0.717, 1.165) is 15.0 Å². The zero-order chi connectivity index (χ0) is 11.5. The molecule has 2 aromatic rings. The van der Waals surface area contributed by atoms with Gasteiger partial charge in [-0.25, -0.2) is 0 Å². The normalized spacial score (nSPS) is 10.4. The van der Waals surface area contributed by atoms with Crippen molar-refractivity contribution in [3.8, 4) is 0 Å². The fourth-order valence-corrected chi connectivity index (χ4v) is 2.84. The number of rotatable bonds is 3. The number of hydrogen-bond acceptors (Lipinski definition) is 3. The lowest BCUT2D eigenvalue weighted by atomic mass is 10.1. The van der Waals surface area contributed by atoms with E-state index in [1.54, 1.807) is 17.4 Å². The van der Waals surface area contributed by atoms with Gasteiger partial charge in [-0.3, -0.25) is 9.78 Å². The monoisotopic (exact) mass is 295 g/mol. The zero-order valence-corrected chi connectivity index (χ0v) is 11.1. The second-order valence-corrected chi connectivity index (χ2v) is 5.41. The van der Waals surface area contributed by atoms with Crippen LogP contribution < -0.4 is 0 Å². The molecule has 2 aromatic heterocycles. The number of halogens is 1. The van der Waals surface area contributed by atoms with E-state index in [9.17, 15) is 4.79 Å². The van der Waals surface area contributed by atoms with E-state index in [4.69, 9.17) is 0 Å². The molecule has 0 aliphatic carbocycles. The summed E-state index contributed by atoms with van der Waals surface area (Å²) in [5.74, 6) is 0.0676. The van der Waals surface area contributed by atoms with Crippen molar-refractivity contribution < 1.29 is 4.79 Å². The number of ketones is 1. The van der Waals surface area contributed by atoms with Gasteiger partial charge in [0.15, 0.2) is 5.78 Å². The minimum absolute atomic E-state index is 0.0676. The number of aryl methyl sites for hydroxylation is 1. The van der Waals surface area contributed by atoms with Gasteiger partial charge < -0.3 is 0 Å². The maximum Gasteiger partial charge on any atom is 0.186 e. The van der Waals surface area contributed by atoms with Gasteiger partial charge in [-0.05, 0) is 41.1 Å². The second kappa shape index (κ2) is 4.89. The molecule has 0 spiro atoms. The highest BCUT2D eigenvalue weighted by molar-refractivity contribution is 9.10. The summed E-state index contributed by atoms with van der Waals surface area (Å²) < 4.78 is 1.03. The van der Waals surface area contributed by atoms with Gasteiger partial charge in [0.2, 0.25) is 0 Å². The first kappa shape index (κ1) is 11.5. The fraction of sp³-hybridized carbons (Fsp3) is 0.167. The molecule has 2 nitrogen and oxygen atoms in total. The smallest absolute Gasteiger partial charge is 0.186 e.